The highest BCUT2D eigenvalue weighted by Crippen LogP contribution is 1.83. The van der Waals surface area contributed by atoms with Gasteiger partial charge < -0.3 is 10.5 Å². The van der Waals surface area contributed by atoms with Crippen LogP contribution in [0.2, 0.25) is 0 Å². The number of carbonyl (C=O) groups is 1. The normalized spacial score (nSPS) is 8.14. The second-order valence-corrected chi connectivity index (χ2v) is 1.31. The summed E-state index contributed by atoms with van der Waals surface area (Å²) in [6, 6.07) is 0. The van der Waals surface area contributed by atoms with Crippen LogP contribution in [-0.2, 0) is 7.80 Å². The van der Waals surface area contributed by atoms with Crippen molar-refractivity contribution < 1.29 is 12.6 Å². The highest BCUT2D eigenvalue weighted by atomic mass is 127. The third-order valence-electron chi connectivity index (χ3n) is 0.246. The summed E-state index contributed by atoms with van der Waals surface area (Å²) in [6.45, 7) is -0.0874. The molecule has 5 heteroatoms. The molecule has 0 aromatic rings. The molecule has 0 aromatic carbocycles. The Labute approximate surface area is 54.6 Å². The second-order valence-electron chi connectivity index (χ2n) is 0.690. The fourth-order valence-electron chi connectivity index (χ4n) is 0.0803. The molecule has 0 bridgehead atoms. The van der Waals surface area contributed by atoms with Gasteiger partial charge in [0.25, 0.3) is 0 Å². The SMILES string of the molecule is NC(=O)OCOI. The van der Waals surface area contributed by atoms with E-state index in [1.165, 1.54) is 0 Å². The van der Waals surface area contributed by atoms with Crippen molar-refractivity contribution in [3.8, 4) is 0 Å². The number of hydrogen-bond acceptors (Lipinski definition) is 3. The van der Waals surface area contributed by atoms with Gasteiger partial charge in [-0.2, -0.15) is 0 Å². The van der Waals surface area contributed by atoms with Crippen LogP contribution in [0.5, 0.6) is 0 Å². The number of primary amides is 1. The molecule has 0 aliphatic carbocycles. The van der Waals surface area contributed by atoms with Crippen LogP contribution >= 0.6 is 23.0 Å². The molecule has 0 radical (unpaired) electrons. The number of hydrogen-bond donors (Lipinski definition) is 1. The molecular formula is C2H4INO3. The van der Waals surface area contributed by atoms with Gasteiger partial charge in [0.1, 0.15) is 23.0 Å². The zero-order valence-electron chi connectivity index (χ0n) is 3.39. The lowest BCUT2D eigenvalue weighted by Crippen LogP contribution is -2.13. The minimum Gasteiger partial charge on any atom is -0.422 e. The molecule has 0 saturated heterocycles. The predicted molar refractivity (Wildman–Crippen MR) is 30.6 cm³/mol. The van der Waals surface area contributed by atoms with Crippen LogP contribution in [0.15, 0.2) is 0 Å². The number of ether oxygens (including phenoxy) is 1. The third-order valence-corrected chi connectivity index (χ3v) is 0.500. The monoisotopic (exact) mass is 217 g/mol. The quantitative estimate of drug-likeness (QED) is 0.538. The number of nitrogens with two attached hydrogens (primary N) is 1. The van der Waals surface area contributed by atoms with Crippen molar-refractivity contribution in [2.24, 2.45) is 5.73 Å². The van der Waals surface area contributed by atoms with Crippen molar-refractivity contribution in [1.29, 1.82) is 0 Å². The second kappa shape index (κ2) is 4.13. The van der Waals surface area contributed by atoms with E-state index in [0.717, 1.165) is 0 Å². The Bertz CT molecular complexity index is 66.0. The lowest BCUT2D eigenvalue weighted by Gasteiger charge is -1.92. The molecule has 7 heavy (non-hydrogen) atoms. The van der Waals surface area contributed by atoms with Crippen LogP contribution in [0.1, 0.15) is 0 Å². The first-order valence-corrected chi connectivity index (χ1v) is 2.31. The van der Waals surface area contributed by atoms with E-state index >= 15 is 0 Å². The van der Waals surface area contributed by atoms with Crippen LogP contribution in [0.3, 0.4) is 0 Å². The highest BCUT2D eigenvalue weighted by molar-refractivity contribution is 14.1. The van der Waals surface area contributed by atoms with Gasteiger partial charge in [0, 0.05) is 0 Å². The van der Waals surface area contributed by atoms with E-state index in [-0.39, 0.29) is 6.79 Å². The topological polar surface area (TPSA) is 61.6 Å². The van der Waals surface area contributed by atoms with Crippen LogP contribution < -0.4 is 5.73 Å². The molecule has 2 N–H and O–H groups in total. The summed E-state index contributed by atoms with van der Waals surface area (Å²) in [5.41, 5.74) is 4.53. The number of amides is 1. The molecule has 4 nitrogen and oxygen atoms in total. The van der Waals surface area contributed by atoms with E-state index < -0.39 is 6.09 Å². The van der Waals surface area contributed by atoms with E-state index in [1.807, 2.05) is 0 Å². The number of rotatable bonds is 2. The van der Waals surface area contributed by atoms with E-state index in [1.54, 1.807) is 23.0 Å². The Kier molecular flexibility index (Phi) is 4.10. The molecule has 0 aliphatic heterocycles. The lowest BCUT2D eigenvalue weighted by molar-refractivity contribution is 0.0924. The molecule has 0 fully saturated rings. The molecule has 42 valence electrons. The molecule has 0 rings (SSSR count). The minimum absolute atomic E-state index is 0.0874. The molecule has 0 spiro atoms. The molecule has 0 aliphatic rings. The maximum atomic E-state index is 9.67. The largest absolute Gasteiger partial charge is 0.422 e. The first kappa shape index (κ1) is 6.96. The summed E-state index contributed by atoms with van der Waals surface area (Å²) in [4.78, 5) is 9.67. The maximum Gasteiger partial charge on any atom is 0.406 e. The van der Waals surface area contributed by atoms with Crippen molar-refractivity contribution >= 4 is 29.1 Å². The smallest absolute Gasteiger partial charge is 0.406 e. The molecule has 0 unspecified atom stereocenters. The summed E-state index contributed by atoms with van der Waals surface area (Å²) in [5, 5.41) is 0. The Morgan fingerprint density at radius 1 is 1.86 bits per heavy atom. The van der Waals surface area contributed by atoms with Crippen LogP contribution in [0, 0.1) is 0 Å². The zero-order chi connectivity index (χ0) is 5.70. The van der Waals surface area contributed by atoms with Crippen molar-refractivity contribution in [1.82, 2.24) is 0 Å². The molecular weight excluding hydrogens is 213 g/mol. The summed E-state index contributed by atoms with van der Waals surface area (Å²) in [7, 11) is 0. The fraction of sp³-hybridized carbons (Fsp3) is 0.500. The Hall–Kier alpha value is -0.0400. The molecule has 0 aromatic heterocycles. The molecule has 0 saturated carbocycles. The van der Waals surface area contributed by atoms with Gasteiger partial charge >= 0.3 is 6.09 Å². The molecule has 0 atom stereocenters. The van der Waals surface area contributed by atoms with Gasteiger partial charge in [0.05, 0.1) is 0 Å². The van der Waals surface area contributed by atoms with Crippen LogP contribution in [-0.4, -0.2) is 12.9 Å². The zero-order valence-corrected chi connectivity index (χ0v) is 5.54. The summed E-state index contributed by atoms with van der Waals surface area (Å²) in [6.07, 6.45) is -0.823. The Balaban J connectivity index is 2.82. The van der Waals surface area contributed by atoms with Crippen molar-refractivity contribution in [2.75, 3.05) is 6.79 Å². The van der Waals surface area contributed by atoms with E-state index in [0.29, 0.717) is 0 Å². The van der Waals surface area contributed by atoms with E-state index in [2.05, 4.69) is 13.5 Å². The summed E-state index contributed by atoms with van der Waals surface area (Å²) < 4.78 is 8.40. The minimum atomic E-state index is -0.823. The number of halogens is 1. The Morgan fingerprint density at radius 3 is 2.57 bits per heavy atom. The van der Waals surface area contributed by atoms with Gasteiger partial charge in [-0.1, -0.05) is 0 Å². The standard InChI is InChI=1S/C2H4INO3/c3-7-1-6-2(4)5/h1H2,(H2,4,5). The average molecular weight is 217 g/mol. The van der Waals surface area contributed by atoms with Gasteiger partial charge in [-0.05, 0) is 0 Å². The first-order chi connectivity index (χ1) is 3.27. The van der Waals surface area contributed by atoms with Crippen molar-refractivity contribution in [2.45, 2.75) is 0 Å². The van der Waals surface area contributed by atoms with Crippen molar-refractivity contribution in [3.63, 3.8) is 0 Å². The molecule has 1 amide bonds. The Morgan fingerprint density at radius 2 is 2.43 bits per heavy atom. The third kappa shape index (κ3) is 5.96. The van der Waals surface area contributed by atoms with Crippen LogP contribution in [0.4, 0.5) is 4.79 Å². The number of carbonyl (C=O) groups excluding carboxylic acids is 1. The first-order valence-electron chi connectivity index (χ1n) is 1.43. The summed E-state index contributed by atoms with van der Waals surface area (Å²) in [5.74, 6) is 0. The molecule has 0 heterocycles. The van der Waals surface area contributed by atoms with Gasteiger partial charge in [0.2, 0.25) is 6.79 Å². The predicted octanol–water partition coefficient (Wildman–Crippen LogP) is 0.406. The van der Waals surface area contributed by atoms with Gasteiger partial charge in [0.15, 0.2) is 0 Å². The van der Waals surface area contributed by atoms with Crippen molar-refractivity contribution in [3.05, 3.63) is 0 Å². The summed E-state index contributed by atoms with van der Waals surface area (Å²) >= 11 is 1.59. The van der Waals surface area contributed by atoms with E-state index in [4.69, 9.17) is 0 Å². The lowest BCUT2D eigenvalue weighted by atomic mass is 11.2. The van der Waals surface area contributed by atoms with E-state index in [9.17, 15) is 4.79 Å². The highest BCUT2D eigenvalue weighted by Gasteiger charge is 1.87. The maximum absolute atomic E-state index is 9.67. The van der Waals surface area contributed by atoms with Gasteiger partial charge in [-0.25, -0.2) is 4.79 Å². The van der Waals surface area contributed by atoms with Gasteiger partial charge in [-0.3, -0.25) is 3.07 Å². The average Bonchev–Trinajstić information content (AvgIpc) is 1.61. The fourth-order valence-corrected chi connectivity index (χ4v) is 0.207. The van der Waals surface area contributed by atoms with Crippen LogP contribution in [0.25, 0.3) is 0 Å². The van der Waals surface area contributed by atoms with Gasteiger partial charge in [-0.15, -0.1) is 0 Å².